The number of rotatable bonds is 4. The first-order valence-corrected chi connectivity index (χ1v) is 8.83. The highest BCUT2D eigenvalue weighted by Crippen LogP contribution is 2.24. The molecule has 7 nitrogen and oxygen atoms in total. The molecule has 0 atom stereocenters. The fourth-order valence-corrected chi connectivity index (χ4v) is 2.63. The highest BCUT2D eigenvalue weighted by Gasteiger charge is 2.22. The normalized spacial score (nSPS) is 17.5. The minimum absolute atomic E-state index is 0. The van der Waals surface area contributed by atoms with E-state index in [4.69, 9.17) is 4.74 Å². The van der Waals surface area contributed by atoms with Gasteiger partial charge < -0.3 is 19.9 Å². The predicted molar refractivity (Wildman–Crippen MR) is 102 cm³/mol. The monoisotopic (exact) mass is 351 g/mol. The maximum absolute atomic E-state index is 11.9. The van der Waals surface area contributed by atoms with Crippen molar-refractivity contribution >= 4 is 17.7 Å². The van der Waals surface area contributed by atoms with Gasteiger partial charge in [-0.1, -0.05) is 21.3 Å². The number of carbonyl (C=O) groups excluding carboxylic acids is 1. The minimum atomic E-state index is -0.422. The third-order valence-corrected chi connectivity index (χ3v) is 4.35. The number of methoxy groups -OCH3 is 1. The van der Waals surface area contributed by atoms with Crippen LogP contribution in [0, 0.1) is 0 Å². The number of piperazine rings is 1. The first kappa shape index (κ1) is 21.2. The van der Waals surface area contributed by atoms with E-state index in [1.54, 1.807) is 6.07 Å². The van der Waals surface area contributed by atoms with Crippen molar-refractivity contribution in [1.82, 2.24) is 14.9 Å². The van der Waals surface area contributed by atoms with Crippen LogP contribution in [0.25, 0.3) is 0 Å². The van der Waals surface area contributed by atoms with Crippen LogP contribution in [0.15, 0.2) is 6.07 Å². The molecule has 0 unspecified atom stereocenters. The van der Waals surface area contributed by atoms with Crippen molar-refractivity contribution in [2.45, 2.75) is 46.6 Å². The van der Waals surface area contributed by atoms with Crippen molar-refractivity contribution in [2.24, 2.45) is 0 Å². The predicted octanol–water partition coefficient (Wildman–Crippen LogP) is 2.64. The maximum Gasteiger partial charge on any atom is 0.356 e. The maximum atomic E-state index is 11.9. The van der Waals surface area contributed by atoms with Crippen molar-refractivity contribution in [1.29, 1.82) is 0 Å². The molecule has 0 bridgehead atoms. The lowest BCUT2D eigenvalue weighted by Gasteiger charge is -2.33. The molecule has 7 heteroatoms. The summed E-state index contributed by atoms with van der Waals surface area (Å²) in [4.78, 5) is 25.2. The van der Waals surface area contributed by atoms with E-state index in [-0.39, 0.29) is 7.43 Å². The number of hydrogen-bond donors (Lipinski definition) is 1. The molecule has 0 amide bonds. The molecule has 1 N–H and O–H groups in total. The molecule has 3 rings (SSSR count). The number of hydrogen-bond acceptors (Lipinski definition) is 7. The zero-order chi connectivity index (χ0) is 17.5. The van der Waals surface area contributed by atoms with Crippen LogP contribution in [-0.2, 0) is 4.74 Å². The van der Waals surface area contributed by atoms with E-state index in [2.05, 4.69) is 32.1 Å². The average molecular weight is 351 g/mol. The molecule has 0 aromatic carbocycles. The lowest BCUT2D eigenvalue weighted by atomic mass is 9.93. The smallest absolute Gasteiger partial charge is 0.356 e. The Morgan fingerprint density at radius 3 is 2.36 bits per heavy atom. The van der Waals surface area contributed by atoms with E-state index in [9.17, 15) is 4.79 Å². The number of nitrogens with zero attached hydrogens (tertiary/aromatic N) is 4. The highest BCUT2D eigenvalue weighted by molar-refractivity contribution is 5.88. The lowest BCUT2D eigenvalue weighted by Crippen LogP contribution is -2.45. The van der Waals surface area contributed by atoms with Gasteiger partial charge in [0.25, 0.3) is 0 Å². The van der Waals surface area contributed by atoms with Crippen LogP contribution in [0.4, 0.5) is 11.8 Å². The van der Waals surface area contributed by atoms with Gasteiger partial charge in [0.05, 0.1) is 7.11 Å². The summed E-state index contributed by atoms with van der Waals surface area (Å²) in [6, 6.07) is 2.14. The summed E-state index contributed by atoms with van der Waals surface area (Å²) >= 11 is 0. The van der Waals surface area contributed by atoms with Gasteiger partial charge in [0.2, 0.25) is 5.95 Å². The molecule has 1 aromatic rings. The van der Waals surface area contributed by atoms with Gasteiger partial charge >= 0.3 is 5.97 Å². The Bertz CT molecular complexity index is 540. The van der Waals surface area contributed by atoms with Crippen molar-refractivity contribution in [2.75, 3.05) is 50.6 Å². The number of anilines is 2. The molecule has 1 saturated heterocycles. The Balaban J connectivity index is 0.00000101. The largest absolute Gasteiger partial charge is 0.464 e. The first-order chi connectivity index (χ1) is 11.7. The zero-order valence-corrected chi connectivity index (χ0v) is 15.2. The standard InChI is InChI=1S/C15H23N5O2.C2H6.CH4/c1-19-6-8-20(9-7-19)15-17-12(14(21)22-2)10-13(18-15)16-11-4-3-5-11;1-2;/h10-11H,3-9H2,1-2H3,(H,16,17,18);1-2H3;1H4. The van der Waals surface area contributed by atoms with Crippen LogP contribution in [0.2, 0.25) is 0 Å². The van der Waals surface area contributed by atoms with Gasteiger partial charge in [-0.25, -0.2) is 9.78 Å². The minimum Gasteiger partial charge on any atom is -0.464 e. The van der Waals surface area contributed by atoms with Gasteiger partial charge in [-0.3, -0.25) is 0 Å². The molecule has 1 aliphatic heterocycles. The summed E-state index contributed by atoms with van der Waals surface area (Å²) < 4.78 is 4.81. The topological polar surface area (TPSA) is 70.6 Å². The van der Waals surface area contributed by atoms with Crippen LogP contribution in [-0.4, -0.2) is 67.2 Å². The second-order valence-electron chi connectivity index (χ2n) is 5.99. The van der Waals surface area contributed by atoms with Gasteiger partial charge in [-0.05, 0) is 26.3 Å². The van der Waals surface area contributed by atoms with Crippen LogP contribution >= 0.6 is 0 Å². The van der Waals surface area contributed by atoms with E-state index in [0.29, 0.717) is 23.5 Å². The van der Waals surface area contributed by atoms with Crippen LogP contribution in [0.5, 0.6) is 0 Å². The van der Waals surface area contributed by atoms with E-state index >= 15 is 0 Å². The van der Waals surface area contributed by atoms with Crippen LogP contribution in [0.3, 0.4) is 0 Å². The van der Waals surface area contributed by atoms with Gasteiger partial charge in [0.1, 0.15) is 5.82 Å². The molecule has 25 heavy (non-hydrogen) atoms. The zero-order valence-electron chi connectivity index (χ0n) is 15.2. The van der Waals surface area contributed by atoms with E-state index < -0.39 is 5.97 Å². The number of aromatic nitrogens is 2. The number of likely N-dealkylation sites (N-methyl/N-ethyl adjacent to an activating group) is 1. The molecule has 1 saturated carbocycles. The summed E-state index contributed by atoms with van der Waals surface area (Å²) in [7, 11) is 3.48. The van der Waals surface area contributed by atoms with Crippen LogP contribution in [0.1, 0.15) is 51.0 Å². The van der Waals surface area contributed by atoms with Crippen molar-refractivity contribution < 1.29 is 9.53 Å². The first-order valence-electron chi connectivity index (χ1n) is 8.83. The van der Waals surface area contributed by atoms with Crippen molar-refractivity contribution in [3.63, 3.8) is 0 Å². The SMILES string of the molecule is C.CC.COC(=O)c1cc(NC2CCC2)nc(N2CCN(C)CC2)n1. The van der Waals surface area contributed by atoms with E-state index in [1.807, 2.05) is 13.8 Å². The molecule has 1 aromatic heterocycles. The Hall–Kier alpha value is -1.89. The molecular weight excluding hydrogens is 318 g/mol. The van der Waals surface area contributed by atoms with Crippen molar-refractivity contribution in [3.8, 4) is 0 Å². The molecule has 2 heterocycles. The second-order valence-corrected chi connectivity index (χ2v) is 5.99. The Morgan fingerprint density at radius 1 is 1.20 bits per heavy atom. The number of carbonyl (C=O) groups is 1. The van der Waals surface area contributed by atoms with E-state index in [1.165, 1.54) is 13.5 Å². The van der Waals surface area contributed by atoms with Crippen molar-refractivity contribution in [3.05, 3.63) is 11.8 Å². The number of esters is 1. The average Bonchev–Trinajstić information content (AvgIpc) is 2.59. The lowest BCUT2D eigenvalue weighted by molar-refractivity contribution is 0.0594. The van der Waals surface area contributed by atoms with Crippen LogP contribution < -0.4 is 10.2 Å². The summed E-state index contributed by atoms with van der Waals surface area (Å²) in [5.74, 6) is 0.904. The van der Waals surface area contributed by atoms with Gasteiger partial charge in [0, 0.05) is 38.3 Å². The Morgan fingerprint density at radius 2 is 1.84 bits per heavy atom. The summed E-state index contributed by atoms with van der Waals surface area (Å²) in [6.45, 7) is 7.67. The molecule has 142 valence electrons. The molecule has 0 spiro atoms. The molecule has 2 aliphatic rings. The van der Waals surface area contributed by atoms with Gasteiger partial charge in [-0.2, -0.15) is 4.98 Å². The highest BCUT2D eigenvalue weighted by atomic mass is 16.5. The molecule has 1 aliphatic carbocycles. The Labute approximate surface area is 151 Å². The van der Waals surface area contributed by atoms with Gasteiger partial charge in [-0.15, -0.1) is 0 Å². The fraction of sp³-hybridized carbons (Fsp3) is 0.722. The third-order valence-electron chi connectivity index (χ3n) is 4.35. The third kappa shape index (κ3) is 5.56. The second kappa shape index (κ2) is 10.2. The number of ether oxygens (including phenoxy) is 1. The van der Waals surface area contributed by atoms with Gasteiger partial charge in [0.15, 0.2) is 5.69 Å². The molecular formula is C18H33N5O2. The fourth-order valence-electron chi connectivity index (χ4n) is 2.63. The molecule has 2 fully saturated rings. The molecule has 0 radical (unpaired) electrons. The summed E-state index contributed by atoms with van der Waals surface area (Å²) in [6.07, 6.45) is 3.56. The number of nitrogens with one attached hydrogen (secondary N) is 1. The summed E-state index contributed by atoms with van der Waals surface area (Å²) in [5.41, 5.74) is 0.313. The summed E-state index contributed by atoms with van der Waals surface area (Å²) in [5, 5.41) is 3.39. The Kier molecular flexibility index (Phi) is 8.61. The quantitative estimate of drug-likeness (QED) is 0.836. The van der Waals surface area contributed by atoms with E-state index in [0.717, 1.165) is 39.0 Å².